The molecule has 0 radical (unpaired) electrons. The Labute approximate surface area is 95.5 Å². The summed E-state index contributed by atoms with van der Waals surface area (Å²) in [4.78, 5) is 4.34. The lowest BCUT2D eigenvalue weighted by Crippen LogP contribution is -2.24. The van der Waals surface area contributed by atoms with Gasteiger partial charge < -0.3 is 10.1 Å². The first-order chi connectivity index (χ1) is 7.74. The highest BCUT2D eigenvalue weighted by atomic mass is 16.5. The number of nitrogens with zero attached hydrogens (tertiary/aromatic N) is 3. The molecule has 5 nitrogen and oxygen atoms in total. The number of rotatable bonds is 3. The number of ether oxygens (including phenoxy) is 1. The maximum absolute atomic E-state index is 5.31. The molecule has 1 aromatic heterocycles. The van der Waals surface area contributed by atoms with Crippen LogP contribution in [0.4, 0.5) is 5.69 Å². The second kappa shape index (κ2) is 5.12. The summed E-state index contributed by atoms with van der Waals surface area (Å²) in [5, 5.41) is 7.50. The summed E-state index contributed by atoms with van der Waals surface area (Å²) in [6.45, 7) is 7.31. The maximum Gasteiger partial charge on any atom is 0.127 e. The summed E-state index contributed by atoms with van der Waals surface area (Å²) in [6.07, 6.45) is 3.82. The van der Waals surface area contributed by atoms with E-state index in [9.17, 15) is 0 Å². The molecule has 2 heterocycles. The van der Waals surface area contributed by atoms with Crippen LogP contribution in [0.3, 0.4) is 0 Å². The lowest BCUT2D eigenvalue weighted by molar-refractivity contribution is 0.171. The first kappa shape index (κ1) is 11.1. The van der Waals surface area contributed by atoms with E-state index in [4.69, 9.17) is 4.74 Å². The molecule has 0 bridgehead atoms. The van der Waals surface area contributed by atoms with Gasteiger partial charge >= 0.3 is 0 Å². The van der Waals surface area contributed by atoms with E-state index in [1.165, 1.54) is 0 Å². The summed E-state index contributed by atoms with van der Waals surface area (Å²) < 4.78 is 7.25. The van der Waals surface area contributed by atoms with E-state index < -0.39 is 0 Å². The molecule has 1 aromatic rings. The van der Waals surface area contributed by atoms with E-state index in [2.05, 4.69) is 29.3 Å². The molecular formula is C11H18N4O. The van der Waals surface area contributed by atoms with Crippen LogP contribution in [-0.2, 0) is 11.3 Å². The molecule has 0 spiro atoms. The Morgan fingerprint density at radius 2 is 2.44 bits per heavy atom. The Morgan fingerprint density at radius 1 is 1.56 bits per heavy atom. The van der Waals surface area contributed by atoms with E-state index in [1.807, 2.05) is 17.1 Å². The first-order valence-electron chi connectivity index (χ1n) is 5.64. The quantitative estimate of drug-likeness (QED) is 0.840. The Balaban J connectivity index is 1.94. The van der Waals surface area contributed by atoms with Crippen molar-refractivity contribution >= 4 is 11.5 Å². The summed E-state index contributed by atoms with van der Waals surface area (Å²) >= 11 is 0. The third kappa shape index (κ3) is 3.06. The van der Waals surface area contributed by atoms with Crippen molar-refractivity contribution < 1.29 is 4.74 Å². The molecule has 0 amide bonds. The summed E-state index contributed by atoms with van der Waals surface area (Å²) in [6, 6.07) is 0. The van der Waals surface area contributed by atoms with Gasteiger partial charge in [0, 0.05) is 12.7 Å². The normalized spacial score (nSPS) is 16.3. The minimum atomic E-state index is 0.565. The smallest absolute Gasteiger partial charge is 0.127 e. The molecule has 1 N–H and O–H groups in total. The van der Waals surface area contributed by atoms with E-state index in [0.29, 0.717) is 12.5 Å². The Morgan fingerprint density at radius 3 is 3.12 bits per heavy atom. The number of nitrogens with one attached hydrogen (secondary N) is 1. The minimum absolute atomic E-state index is 0.565. The Kier molecular flexibility index (Phi) is 3.56. The second-order valence-electron chi connectivity index (χ2n) is 4.35. The zero-order valence-electron chi connectivity index (χ0n) is 9.81. The van der Waals surface area contributed by atoms with E-state index in [-0.39, 0.29) is 0 Å². The lowest BCUT2D eigenvalue weighted by Gasteiger charge is -2.13. The fourth-order valence-corrected chi connectivity index (χ4v) is 1.60. The summed E-state index contributed by atoms with van der Waals surface area (Å²) in [7, 11) is 0. The van der Waals surface area contributed by atoms with Gasteiger partial charge in [-0.25, -0.2) is 0 Å². The first-order valence-corrected chi connectivity index (χ1v) is 5.64. The molecule has 0 unspecified atom stereocenters. The van der Waals surface area contributed by atoms with Crippen molar-refractivity contribution in [3.8, 4) is 0 Å². The molecule has 0 saturated carbocycles. The van der Waals surface area contributed by atoms with Gasteiger partial charge in [0.05, 0.1) is 25.0 Å². The number of aromatic nitrogens is 2. The fourth-order valence-electron chi connectivity index (χ4n) is 1.60. The van der Waals surface area contributed by atoms with Gasteiger partial charge in [0.15, 0.2) is 0 Å². The Bertz CT molecular complexity index is 370. The monoisotopic (exact) mass is 222 g/mol. The van der Waals surface area contributed by atoms with Gasteiger partial charge in [-0.1, -0.05) is 13.8 Å². The van der Waals surface area contributed by atoms with Crippen LogP contribution in [0.15, 0.2) is 17.4 Å². The van der Waals surface area contributed by atoms with Crippen molar-refractivity contribution in [2.24, 2.45) is 10.9 Å². The SMILES string of the molecule is CC(C)Cn1cc(NC2=NCCOC2)cn1. The molecule has 1 aliphatic heterocycles. The third-order valence-corrected chi connectivity index (χ3v) is 2.25. The number of aliphatic imine (C=N–C) groups is 1. The average Bonchev–Trinajstić information content (AvgIpc) is 2.66. The molecular weight excluding hydrogens is 204 g/mol. The molecule has 16 heavy (non-hydrogen) atoms. The molecule has 0 saturated heterocycles. The third-order valence-electron chi connectivity index (χ3n) is 2.25. The van der Waals surface area contributed by atoms with Crippen LogP contribution in [0, 0.1) is 5.92 Å². The van der Waals surface area contributed by atoms with Crippen molar-refractivity contribution in [1.29, 1.82) is 0 Å². The van der Waals surface area contributed by atoms with Crippen LogP contribution in [0.2, 0.25) is 0 Å². The van der Waals surface area contributed by atoms with Crippen LogP contribution in [0.25, 0.3) is 0 Å². The van der Waals surface area contributed by atoms with Crippen molar-refractivity contribution in [3.63, 3.8) is 0 Å². The molecule has 88 valence electrons. The topological polar surface area (TPSA) is 51.4 Å². The van der Waals surface area contributed by atoms with Gasteiger partial charge in [-0.3, -0.25) is 9.67 Å². The van der Waals surface area contributed by atoms with Gasteiger partial charge in [0.1, 0.15) is 12.4 Å². The molecule has 0 fully saturated rings. The molecule has 2 rings (SSSR count). The number of amidine groups is 1. The predicted molar refractivity (Wildman–Crippen MR) is 63.8 cm³/mol. The van der Waals surface area contributed by atoms with Crippen LogP contribution < -0.4 is 5.32 Å². The van der Waals surface area contributed by atoms with Crippen LogP contribution in [0.5, 0.6) is 0 Å². The highest BCUT2D eigenvalue weighted by Gasteiger charge is 2.07. The maximum atomic E-state index is 5.31. The fraction of sp³-hybridized carbons (Fsp3) is 0.636. The van der Waals surface area contributed by atoms with E-state index in [0.717, 1.165) is 31.2 Å². The van der Waals surface area contributed by atoms with Crippen LogP contribution in [-0.4, -0.2) is 35.4 Å². The van der Waals surface area contributed by atoms with Crippen LogP contribution >= 0.6 is 0 Å². The Hall–Kier alpha value is -1.36. The van der Waals surface area contributed by atoms with Crippen molar-refractivity contribution in [2.75, 3.05) is 25.1 Å². The minimum Gasteiger partial charge on any atom is -0.372 e. The average molecular weight is 222 g/mol. The van der Waals surface area contributed by atoms with Crippen molar-refractivity contribution in [3.05, 3.63) is 12.4 Å². The molecule has 1 aliphatic rings. The van der Waals surface area contributed by atoms with Crippen molar-refractivity contribution in [1.82, 2.24) is 9.78 Å². The zero-order valence-corrected chi connectivity index (χ0v) is 9.81. The highest BCUT2D eigenvalue weighted by molar-refractivity contribution is 5.96. The summed E-state index contributed by atoms with van der Waals surface area (Å²) in [5.41, 5.74) is 0.977. The summed E-state index contributed by atoms with van der Waals surface area (Å²) in [5.74, 6) is 1.48. The van der Waals surface area contributed by atoms with E-state index in [1.54, 1.807) is 0 Å². The number of anilines is 1. The largest absolute Gasteiger partial charge is 0.372 e. The number of hydrogen-bond acceptors (Lipinski definition) is 4. The lowest BCUT2D eigenvalue weighted by atomic mass is 10.2. The zero-order chi connectivity index (χ0) is 11.4. The second-order valence-corrected chi connectivity index (χ2v) is 4.35. The highest BCUT2D eigenvalue weighted by Crippen LogP contribution is 2.08. The number of hydrogen-bond donors (Lipinski definition) is 1. The predicted octanol–water partition coefficient (Wildman–Crippen LogP) is 1.38. The molecule has 5 heteroatoms. The molecule has 0 atom stereocenters. The van der Waals surface area contributed by atoms with Gasteiger partial charge in [-0.15, -0.1) is 0 Å². The van der Waals surface area contributed by atoms with Gasteiger partial charge in [-0.2, -0.15) is 5.10 Å². The molecule has 0 aliphatic carbocycles. The van der Waals surface area contributed by atoms with Crippen molar-refractivity contribution in [2.45, 2.75) is 20.4 Å². The van der Waals surface area contributed by atoms with Gasteiger partial charge in [0.2, 0.25) is 0 Å². The van der Waals surface area contributed by atoms with E-state index >= 15 is 0 Å². The standard InChI is InChI=1S/C11H18N4O/c1-9(2)6-15-7-10(5-13-15)14-11-8-16-4-3-12-11/h5,7,9H,3-4,6,8H2,1-2H3,(H,12,14). The molecule has 0 aromatic carbocycles. The van der Waals surface area contributed by atoms with Gasteiger partial charge in [0.25, 0.3) is 0 Å². The van der Waals surface area contributed by atoms with Crippen LogP contribution in [0.1, 0.15) is 13.8 Å². The van der Waals surface area contributed by atoms with Gasteiger partial charge in [-0.05, 0) is 5.92 Å².